The van der Waals surface area contributed by atoms with Gasteiger partial charge >= 0.3 is 0 Å². The Morgan fingerprint density at radius 1 is 1.39 bits per heavy atom. The Balaban J connectivity index is 2.00. The normalized spacial score (nSPS) is 25.1. The Bertz CT molecular complexity index is 377. The average molecular weight is 247 g/mol. The summed E-state index contributed by atoms with van der Waals surface area (Å²) in [7, 11) is 1.72. The molecule has 2 unspecified atom stereocenters. The highest BCUT2D eigenvalue weighted by atomic mass is 16.5. The molecule has 0 saturated heterocycles. The van der Waals surface area contributed by atoms with Crippen LogP contribution in [0.2, 0.25) is 0 Å². The summed E-state index contributed by atoms with van der Waals surface area (Å²) in [5.41, 5.74) is 1.32. The number of benzene rings is 1. The number of ether oxygens (including phenoxy) is 1. The molecule has 0 heterocycles. The van der Waals surface area contributed by atoms with Gasteiger partial charge in [-0.25, -0.2) is 0 Å². The zero-order chi connectivity index (χ0) is 13.0. The Morgan fingerprint density at radius 3 is 2.94 bits per heavy atom. The van der Waals surface area contributed by atoms with Crippen LogP contribution in [-0.4, -0.2) is 13.2 Å². The molecule has 1 aromatic carbocycles. The zero-order valence-electron chi connectivity index (χ0n) is 11.8. The molecular weight excluding hydrogens is 222 g/mol. The van der Waals surface area contributed by atoms with E-state index >= 15 is 0 Å². The summed E-state index contributed by atoms with van der Waals surface area (Å²) in [6.45, 7) is 4.56. The average Bonchev–Trinajstić information content (AvgIpc) is 2.86. The van der Waals surface area contributed by atoms with E-state index in [9.17, 15) is 0 Å². The predicted octanol–water partition coefficient (Wildman–Crippen LogP) is 3.92. The highest BCUT2D eigenvalue weighted by molar-refractivity contribution is 5.30. The maximum atomic E-state index is 5.29. The van der Waals surface area contributed by atoms with Crippen molar-refractivity contribution in [2.45, 2.75) is 51.6 Å². The van der Waals surface area contributed by atoms with Crippen molar-refractivity contribution in [2.75, 3.05) is 7.11 Å². The molecule has 0 aromatic heterocycles. The van der Waals surface area contributed by atoms with E-state index in [1.807, 2.05) is 6.07 Å². The van der Waals surface area contributed by atoms with Gasteiger partial charge in [-0.15, -0.1) is 0 Å². The van der Waals surface area contributed by atoms with Gasteiger partial charge in [-0.3, -0.25) is 0 Å². The molecule has 1 aliphatic carbocycles. The zero-order valence-corrected chi connectivity index (χ0v) is 11.8. The summed E-state index contributed by atoms with van der Waals surface area (Å²) in [6.07, 6.45) is 5.38. The van der Waals surface area contributed by atoms with Crippen LogP contribution in [0.25, 0.3) is 0 Å². The number of hydrogen-bond acceptors (Lipinski definition) is 2. The van der Waals surface area contributed by atoms with Crippen molar-refractivity contribution in [3.8, 4) is 5.75 Å². The minimum atomic E-state index is 0.400. The first-order valence-corrected chi connectivity index (χ1v) is 7.14. The Labute approximate surface area is 111 Å². The molecule has 2 rings (SSSR count). The summed E-state index contributed by atoms with van der Waals surface area (Å²) >= 11 is 0. The molecule has 18 heavy (non-hydrogen) atoms. The molecule has 0 aliphatic heterocycles. The molecule has 3 atom stereocenters. The lowest BCUT2D eigenvalue weighted by Crippen LogP contribution is -2.34. The third kappa shape index (κ3) is 3.05. The highest BCUT2D eigenvalue weighted by Gasteiger charge is 2.26. The van der Waals surface area contributed by atoms with E-state index in [0.717, 1.165) is 11.7 Å². The molecule has 0 radical (unpaired) electrons. The van der Waals surface area contributed by atoms with Crippen LogP contribution in [0.4, 0.5) is 0 Å². The number of methoxy groups -OCH3 is 1. The van der Waals surface area contributed by atoms with Gasteiger partial charge in [-0.2, -0.15) is 0 Å². The van der Waals surface area contributed by atoms with E-state index in [1.165, 1.54) is 31.2 Å². The number of rotatable bonds is 5. The quantitative estimate of drug-likeness (QED) is 0.851. The van der Waals surface area contributed by atoms with Crippen LogP contribution in [0.5, 0.6) is 5.75 Å². The molecule has 100 valence electrons. The van der Waals surface area contributed by atoms with Gasteiger partial charge in [0, 0.05) is 12.1 Å². The first kappa shape index (κ1) is 13.4. The first-order chi connectivity index (χ1) is 8.74. The van der Waals surface area contributed by atoms with Crippen molar-refractivity contribution in [2.24, 2.45) is 5.92 Å². The minimum Gasteiger partial charge on any atom is -0.497 e. The SMILES string of the molecule is CCC1CCCC1N[C@@H](C)c1cccc(OC)c1. The summed E-state index contributed by atoms with van der Waals surface area (Å²) in [5, 5.41) is 3.79. The van der Waals surface area contributed by atoms with Crippen LogP contribution in [0.1, 0.15) is 51.1 Å². The summed E-state index contributed by atoms with van der Waals surface area (Å²) in [6, 6.07) is 9.47. The van der Waals surface area contributed by atoms with Crippen molar-refractivity contribution in [1.29, 1.82) is 0 Å². The molecule has 1 aliphatic rings. The topological polar surface area (TPSA) is 21.3 Å². The first-order valence-electron chi connectivity index (χ1n) is 7.14. The minimum absolute atomic E-state index is 0.400. The third-order valence-electron chi connectivity index (χ3n) is 4.24. The second-order valence-corrected chi connectivity index (χ2v) is 5.37. The highest BCUT2D eigenvalue weighted by Crippen LogP contribution is 2.30. The van der Waals surface area contributed by atoms with Gasteiger partial charge in [-0.1, -0.05) is 31.9 Å². The molecular formula is C16H25NO. The Hall–Kier alpha value is -1.02. The standard InChI is InChI=1S/C16H25NO/c1-4-13-7-6-10-16(13)17-12(2)14-8-5-9-15(11-14)18-3/h5,8-9,11-13,16-17H,4,6-7,10H2,1-3H3/t12-,13?,16?/m0/s1. The van der Waals surface area contributed by atoms with Crippen LogP contribution in [0, 0.1) is 5.92 Å². The predicted molar refractivity (Wildman–Crippen MR) is 76.0 cm³/mol. The fraction of sp³-hybridized carbons (Fsp3) is 0.625. The lowest BCUT2D eigenvalue weighted by atomic mass is 9.98. The van der Waals surface area contributed by atoms with Crippen LogP contribution >= 0.6 is 0 Å². The number of nitrogens with one attached hydrogen (secondary N) is 1. The van der Waals surface area contributed by atoms with E-state index < -0.39 is 0 Å². The van der Waals surface area contributed by atoms with Gasteiger partial charge in [0.05, 0.1) is 7.11 Å². The van der Waals surface area contributed by atoms with E-state index in [4.69, 9.17) is 4.74 Å². The Kier molecular flexibility index (Phi) is 4.65. The van der Waals surface area contributed by atoms with E-state index in [2.05, 4.69) is 37.4 Å². The van der Waals surface area contributed by atoms with Gasteiger partial charge in [-0.05, 0) is 43.4 Å². The largest absolute Gasteiger partial charge is 0.497 e. The molecule has 1 saturated carbocycles. The second-order valence-electron chi connectivity index (χ2n) is 5.37. The number of hydrogen-bond donors (Lipinski definition) is 1. The van der Waals surface area contributed by atoms with Gasteiger partial charge in [0.15, 0.2) is 0 Å². The molecule has 0 bridgehead atoms. The Morgan fingerprint density at radius 2 is 2.22 bits per heavy atom. The molecule has 0 amide bonds. The molecule has 1 N–H and O–H groups in total. The molecule has 1 fully saturated rings. The fourth-order valence-corrected chi connectivity index (χ4v) is 3.07. The fourth-order valence-electron chi connectivity index (χ4n) is 3.07. The summed E-state index contributed by atoms with van der Waals surface area (Å²) in [5.74, 6) is 1.80. The maximum Gasteiger partial charge on any atom is 0.119 e. The molecule has 0 spiro atoms. The maximum absolute atomic E-state index is 5.29. The lowest BCUT2D eigenvalue weighted by Gasteiger charge is -2.24. The molecule has 1 aromatic rings. The lowest BCUT2D eigenvalue weighted by molar-refractivity contribution is 0.359. The van der Waals surface area contributed by atoms with Crippen molar-refractivity contribution in [3.63, 3.8) is 0 Å². The van der Waals surface area contributed by atoms with E-state index in [1.54, 1.807) is 7.11 Å². The van der Waals surface area contributed by atoms with Gasteiger partial charge in [0.1, 0.15) is 5.75 Å². The monoisotopic (exact) mass is 247 g/mol. The molecule has 2 nitrogen and oxygen atoms in total. The second kappa shape index (κ2) is 6.24. The van der Waals surface area contributed by atoms with Gasteiger partial charge in [0.2, 0.25) is 0 Å². The molecule has 2 heteroatoms. The van der Waals surface area contributed by atoms with Crippen molar-refractivity contribution in [3.05, 3.63) is 29.8 Å². The van der Waals surface area contributed by atoms with Crippen LogP contribution in [0.3, 0.4) is 0 Å². The van der Waals surface area contributed by atoms with Gasteiger partial charge in [0.25, 0.3) is 0 Å². The third-order valence-corrected chi connectivity index (χ3v) is 4.24. The van der Waals surface area contributed by atoms with Crippen molar-refractivity contribution in [1.82, 2.24) is 5.32 Å². The van der Waals surface area contributed by atoms with E-state index in [0.29, 0.717) is 12.1 Å². The van der Waals surface area contributed by atoms with Crippen LogP contribution < -0.4 is 10.1 Å². The smallest absolute Gasteiger partial charge is 0.119 e. The summed E-state index contributed by atoms with van der Waals surface area (Å²) in [4.78, 5) is 0. The van der Waals surface area contributed by atoms with Crippen LogP contribution in [-0.2, 0) is 0 Å². The summed E-state index contributed by atoms with van der Waals surface area (Å²) < 4.78 is 5.29. The van der Waals surface area contributed by atoms with E-state index in [-0.39, 0.29) is 0 Å². The van der Waals surface area contributed by atoms with Crippen LogP contribution in [0.15, 0.2) is 24.3 Å². The van der Waals surface area contributed by atoms with Crippen molar-refractivity contribution >= 4 is 0 Å². The van der Waals surface area contributed by atoms with Crippen molar-refractivity contribution < 1.29 is 4.74 Å². The van der Waals surface area contributed by atoms with Gasteiger partial charge < -0.3 is 10.1 Å².